The Labute approximate surface area is 100 Å². The van der Waals surface area contributed by atoms with Gasteiger partial charge in [-0.25, -0.2) is 4.79 Å². The van der Waals surface area contributed by atoms with Crippen LogP contribution in [0.2, 0.25) is 0 Å². The van der Waals surface area contributed by atoms with Gasteiger partial charge in [0.25, 0.3) is 5.56 Å². The van der Waals surface area contributed by atoms with Gasteiger partial charge in [0.05, 0.1) is 0 Å². The summed E-state index contributed by atoms with van der Waals surface area (Å²) in [5.41, 5.74) is -0.595. The summed E-state index contributed by atoms with van der Waals surface area (Å²) < 4.78 is 1.46. The minimum Gasteiger partial charge on any atom is -0.477 e. The van der Waals surface area contributed by atoms with Crippen LogP contribution in [0.25, 0.3) is 0 Å². The van der Waals surface area contributed by atoms with Gasteiger partial charge in [-0.15, -0.1) is 6.58 Å². The van der Waals surface area contributed by atoms with Crippen LogP contribution in [0.5, 0.6) is 0 Å². The predicted molar refractivity (Wildman–Crippen MR) is 66.3 cm³/mol. The van der Waals surface area contributed by atoms with Crippen molar-refractivity contribution in [3.8, 4) is 0 Å². The number of carboxylic acids is 1. The van der Waals surface area contributed by atoms with Crippen LogP contribution in [0, 0.1) is 0 Å². The van der Waals surface area contributed by atoms with Crippen LogP contribution in [0.3, 0.4) is 0 Å². The number of carboxylic acid groups (broad SMARTS) is 1. The van der Waals surface area contributed by atoms with Gasteiger partial charge in [0.1, 0.15) is 5.56 Å². The van der Waals surface area contributed by atoms with Gasteiger partial charge in [0, 0.05) is 12.7 Å². The molecule has 0 aliphatic carbocycles. The maximum Gasteiger partial charge on any atom is 0.341 e. The third-order valence-corrected chi connectivity index (χ3v) is 2.56. The van der Waals surface area contributed by atoms with Crippen molar-refractivity contribution < 1.29 is 9.90 Å². The highest BCUT2D eigenvalue weighted by molar-refractivity contribution is 5.86. The molecule has 1 N–H and O–H groups in total. The highest BCUT2D eigenvalue weighted by Crippen LogP contribution is 2.02. The number of pyridine rings is 1. The Morgan fingerprint density at radius 1 is 1.41 bits per heavy atom. The molecule has 0 atom stereocenters. The Morgan fingerprint density at radius 3 is 2.82 bits per heavy atom. The molecular weight excluding hydrogens is 218 g/mol. The standard InChI is InChI=1S/C13H17NO3/c1-2-3-4-5-6-9-14-10-7-8-11(12(14)15)13(16)17/h2,7-8,10H,1,3-6,9H2,(H,16,17). The van der Waals surface area contributed by atoms with Crippen LogP contribution < -0.4 is 5.56 Å². The van der Waals surface area contributed by atoms with E-state index in [4.69, 9.17) is 5.11 Å². The summed E-state index contributed by atoms with van der Waals surface area (Å²) in [5.74, 6) is -1.17. The van der Waals surface area contributed by atoms with E-state index in [0.717, 1.165) is 25.7 Å². The van der Waals surface area contributed by atoms with Gasteiger partial charge in [-0.2, -0.15) is 0 Å². The average molecular weight is 235 g/mol. The molecule has 17 heavy (non-hydrogen) atoms. The lowest BCUT2D eigenvalue weighted by atomic mass is 10.2. The molecule has 4 heteroatoms. The lowest BCUT2D eigenvalue weighted by molar-refractivity contribution is 0.0694. The Hall–Kier alpha value is -1.84. The highest BCUT2D eigenvalue weighted by Gasteiger charge is 2.09. The molecule has 1 heterocycles. The van der Waals surface area contributed by atoms with Crippen LogP contribution in [0.4, 0.5) is 0 Å². The maximum absolute atomic E-state index is 11.7. The van der Waals surface area contributed by atoms with Gasteiger partial charge in [0.15, 0.2) is 0 Å². The number of nitrogens with zero attached hydrogens (tertiary/aromatic N) is 1. The molecule has 0 amide bonds. The second-order valence-corrected chi connectivity index (χ2v) is 3.86. The monoisotopic (exact) mass is 235 g/mol. The average Bonchev–Trinajstić information content (AvgIpc) is 2.30. The zero-order valence-electron chi connectivity index (χ0n) is 9.76. The first kappa shape index (κ1) is 13.2. The predicted octanol–water partition coefficient (Wildman–Crippen LogP) is 2.29. The molecule has 1 aromatic rings. The number of aromatic carboxylic acids is 1. The molecular formula is C13H17NO3. The Morgan fingerprint density at radius 2 is 2.18 bits per heavy atom. The van der Waals surface area contributed by atoms with Gasteiger partial charge in [0.2, 0.25) is 0 Å². The van der Waals surface area contributed by atoms with E-state index in [9.17, 15) is 9.59 Å². The summed E-state index contributed by atoms with van der Waals surface area (Å²) in [7, 11) is 0. The van der Waals surface area contributed by atoms with Crippen molar-refractivity contribution >= 4 is 5.97 Å². The second-order valence-electron chi connectivity index (χ2n) is 3.86. The molecule has 1 aromatic heterocycles. The molecule has 4 nitrogen and oxygen atoms in total. The topological polar surface area (TPSA) is 59.3 Å². The maximum atomic E-state index is 11.7. The first-order chi connectivity index (χ1) is 8.16. The fraction of sp³-hybridized carbons (Fsp3) is 0.385. The van der Waals surface area contributed by atoms with E-state index in [0.29, 0.717) is 6.54 Å². The number of rotatable bonds is 7. The molecule has 0 fully saturated rings. The number of hydrogen-bond donors (Lipinski definition) is 1. The molecule has 92 valence electrons. The third kappa shape index (κ3) is 3.90. The lowest BCUT2D eigenvalue weighted by Crippen LogP contribution is -2.25. The lowest BCUT2D eigenvalue weighted by Gasteiger charge is -2.05. The SMILES string of the molecule is C=CCCCCCn1cccc(C(=O)O)c1=O. The molecule has 0 aliphatic rings. The molecule has 0 saturated carbocycles. The zero-order valence-corrected chi connectivity index (χ0v) is 9.76. The van der Waals surface area contributed by atoms with E-state index in [-0.39, 0.29) is 5.56 Å². The summed E-state index contributed by atoms with van der Waals surface area (Å²) in [4.78, 5) is 22.5. The smallest absolute Gasteiger partial charge is 0.341 e. The summed E-state index contributed by atoms with van der Waals surface area (Å²) in [6, 6.07) is 2.92. The van der Waals surface area contributed by atoms with Crippen LogP contribution in [-0.4, -0.2) is 15.6 Å². The molecule has 0 radical (unpaired) electrons. The summed E-state index contributed by atoms with van der Waals surface area (Å²) in [5, 5.41) is 8.81. The number of aromatic nitrogens is 1. The zero-order chi connectivity index (χ0) is 12.7. The molecule has 0 bridgehead atoms. The van der Waals surface area contributed by atoms with Crippen molar-refractivity contribution in [2.75, 3.05) is 0 Å². The third-order valence-electron chi connectivity index (χ3n) is 2.56. The number of carbonyl (C=O) groups is 1. The summed E-state index contributed by atoms with van der Waals surface area (Å²) in [6.07, 6.45) is 7.41. The largest absolute Gasteiger partial charge is 0.477 e. The van der Waals surface area contributed by atoms with E-state index in [2.05, 4.69) is 6.58 Å². The van der Waals surface area contributed by atoms with Gasteiger partial charge < -0.3 is 9.67 Å². The number of unbranched alkanes of at least 4 members (excludes halogenated alkanes) is 3. The van der Waals surface area contributed by atoms with Crippen LogP contribution >= 0.6 is 0 Å². The molecule has 1 rings (SSSR count). The quantitative estimate of drug-likeness (QED) is 0.582. The van der Waals surface area contributed by atoms with Crippen molar-refractivity contribution in [1.82, 2.24) is 4.57 Å². The van der Waals surface area contributed by atoms with Crippen LogP contribution in [0.1, 0.15) is 36.0 Å². The molecule has 0 aromatic carbocycles. The van der Waals surface area contributed by atoms with E-state index in [1.807, 2.05) is 6.08 Å². The van der Waals surface area contributed by atoms with E-state index in [1.54, 1.807) is 12.3 Å². The van der Waals surface area contributed by atoms with Crippen molar-refractivity contribution in [2.45, 2.75) is 32.2 Å². The van der Waals surface area contributed by atoms with Crippen LogP contribution in [-0.2, 0) is 6.54 Å². The Kier molecular flexibility index (Phi) is 5.20. The molecule has 0 spiro atoms. The highest BCUT2D eigenvalue weighted by atomic mass is 16.4. The van der Waals surface area contributed by atoms with Gasteiger partial charge in [-0.1, -0.05) is 12.5 Å². The van der Waals surface area contributed by atoms with E-state index >= 15 is 0 Å². The first-order valence-electron chi connectivity index (χ1n) is 5.70. The Bertz CT molecular complexity index is 448. The fourth-order valence-electron chi connectivity index (χ4n) is 1.62. The van der Waals surface area contributed by atoms with Crippen molar-refractivity contribution in [3.63, 3.8) is 0 Å². The fourth-order valence-corrected chi connectivity index (χ4v) is 1.62. The number of aryl methyl sites for hydroxylation is 1. The van der Waals surface area contributed by atoms with Gasteiger partial charge in [-0.3, -0.25) is 4.79 Å². The van der Waals surface area contributed by atoms with Crippen LogP contribution in [0.15, 0.2) is 35.8 Å². The van der Waals surface area contributed by atoms with Gasteiger partial charge >= 0.3 is 5.97 Å². The van der Waals surface area contributed by atoms with Crippen molar-refractivity contribution in [1.29, 1.82) is 0 Å². The van der Waals surface area contributed by atoms with Gasteiger partial charge in [-0.05, 0) is 31.4 Å². The molecule has 0 saturated heterocycles. The van der Waals surface area contributed by atoms with E-state index in [1.165, 1.54) is 10.6 Å². The number of allylic oxidation sites excluding steroid dienone is 1. The van der Waals surface area contributed by atoms with Crippen molar-refractivity contribution in [2.24, 2.45) is 0 Å². The first-order valence-corrected chi connectivity index (χ1v) is 5.70. The second kappa shape index (κ2) is 6.68. The number of hydrogen-bond acceptors (Lipinski definition) is 2. The Balaban J connectivity index is 2.60. The normalized spacial score (nSPS) is 10.1. The minimum atomic E-state index is -1.17. The van der Waals surface area contributed by atoms with Crippen molar-refractivity contribution in [3.05, 3.63) is 46.9 Å². The summed E-state index contributed by atoms with van der Waals surface area (Å²) in [6.45, 7) is 4.21. The minimum absolute atomic E-state index is 0.168. The molecule has 0 unspecified atom stereocenters. The van der Waals surface area contributed by atoms with E-state index < -0.39 is 11.5 Å². The molecule has 0 aliphatic heterocycles. The summed E-state index contributed by atoms with van der Waals surface area (Å²) >= 11 is 0.